The highest BCUT2D eigenvalue weighted by Gasteiger charge is 2.20. The van der Waals surface area contributed by atoms with Gasteiger partial charge >= 0.3 is 5.97 Å². The zero-order chi connectivity index (χ0) is 18.7. The van der Waals surface area contributed by atoms with Gasteiger partial charge in [0.2, 0.25) is 0 Å². The number of carboxylic acid groups (broad SMARTS) is 1. The maximum Gasteiger partial charge on any atom is 0.335 e. The first-order valence-electron chi connectivity index (χ1n) is 8.52. The first kappa shape index (κ1) is 18.4. The van der Waals surface area contributed by atoms with Crippen LogP contribution in [0, 0.1) is 5.82 Å². The third-order valence-corrected chi connectivity index (χ3v) is 6.11. The smallest absolute Gasteiger partial charge is 0.335 e. The van der Waals surface area contributed by atoms with Crippen molar-refractivity contribution in [1.82, 2.24) is 0 Å². The van der Waals surface area contributed by atoms with Crippen LogP contribution in [0.25, 0.3) is 0 Å². The average Bonchev–Trinajstić information content (AvgIpc) is 2.64. The predicted molar refractivity (Wildman–Crippen MR) is 96.4 cm³/mol. The summed E-state index contributed by atoms with van der Waals surface area (Å²) >= 11 is 0. The number of aromatic carboxylic acids is 1. The van der Waals surface area contributed by atoms with Gasteiger partial charge in [0.15, 0.2) is 0 Å². The number of benzene rings is 2. The zero-order valence-corrected chi connectivity index (χ0v) is 14.9. The number of halogens is 1. The summed E-state index contributed by atoms with van der Waals surface area (Å²) in [4.78, 5) is 11.0. The molecule has 0 aromatic heterocycles. The van der Waals surface area contributed by atoms with Crippen molar-refractivity contribution in [2.24, 2.45) is 0 Å². The molecule has 5 nitrogen and oxygen atoms in total. The summed E-state index contributed by atoms with van der Waals surface area (Å²) in [5, 5.41) is 8.97. The molecule has 0 saturated heterocycles. The van der Waals surface area contributed by atoms with Gasteiger partial charge in [-0.15, -0.1) is 0 Å². The van der Waals surface area contributed by atoms with Crippen LogP contribution in [0.3, 0.4) is 0 Å². The monoisotopic (exact) mass is 377 g/mol. The second-order valence-corrected chi connectivity index (χ2v) is 8.19. The van der Waals surface area contributed by atoms with Gasteiger partial charge in [-0.2, -0.15) is 0 Å². The summed E-state index contributed by atoms with van der Waals surface area (Å²) in [6.45, 7) is 0. The van der Waals surface area contributed by atoms with Gasteiger partial charge in [-0.05, 0) is 54.7 Å². The molecule has 2 aromatic carbocycles. The Morgan fingerprint density at radius 3 is 2.31 bits per heavy atom. The number of hydrogen-bond acceptors (Lipinski definition) is 3. The molecule has 1 saturated carbocycles. The molecule has 1 aliphatic rings. The largest absolute Gasteiger partial charge is 0.478 e. The van der Waals surface area contributed by atoms with Crippen LogP contribution in [0.2, 0.25) is 0 Å². The summed E-state index contributed by atoms with van der Waals surface area (Å²) in [5.74, 6) is -1.64. The quantitative estimate of drug-likeness (QED) is 0.810. The van der Waals surface area contributed by atoms with Crippen LogP contribution in [-0.2, 0) is 10.0 Å². The Labute approximate surface area is 151 Å². The van der Waals surface area contributed by atoms with Gasteiger partial charge in [-0.25, -0.2) is 17.6 Å². The SMILES string of the molecule is O=C(O)c1ccc(F)c(NS(=O)(=O)c2ccc(C3CCCCC3)cc2)c1. The van der Waals surface area contributed by atoms with Crippen LogP contribution in [0.15, 0.2) is 47.4 Å². The highest BCUT2D eigenvalue weighted by atomic mass is 32.2. The van der Waals surface area contributed by atoms with Crippen molar-refractivity contribution in [2.75, 3.05) is 4.72 Å². The van der Waals surface area contributed by atoms with Crippen molar-refractivity contribution in [3.63, 3.8) is 0 Å². The van der Waals surface area contributed by atoms with Gasteiger partial charge in [0.05, 0.1) is 16.1 Å². The fraction of sp³-hybridized carbons (Fsp3) is 0.316. The van der Waals surface area contributed by atoms with E-state index in [4.69, 9.17) is 5.11 Å². The number of hydrogen-bond donors (Lipinski definition) is 2. The van der Waals surface area contributed by atoms with E-state index in [-0.39, 0.29) is 16.1 Å². The van der Waals surface area contributed by atoms with Gasteiger partial charge in [0.1, 0.15) is 5.82 Å². The lowest BCUT2D eigenvalue weighted by Crippen LogP contribution is -2.15. The fourth-order valence-electron chi connectivity index (χ4n) is 3.30. The Bertz CT molecular complexity index is 904. The summed E-state index contributed by atoms with van der Waals surface area (Å²) in [6, 6.07) is 9.58. The number of sulfonamides is 1. The van der Waals surface area contributed by atoms with E-state index in [9.17, 15) is 17.6 Å². The van der Waals surface area contributed by atoms with E-state index < -0.39 is 21.8 Å². The maximum atomic E-state index is 13.9. The third-order valence-electron chi connectivity index (χ3n) is 4.72. The summed E-state index contributed by atoms with van der Waals surface area (Å²) < 4.78 is 41.0. The predicted octanol–water partition coefficient (Wildman–Crippen LogP) is 4.37. The Kier molecular flexibility index (Phi) is 5.27. The molecule has 138 valence electrons. The lowest BCUT2D eigenvalue weighted by Gasteiger charge is -2.22. The summed E-state index contributed by atoms with van der Waals surface area (Å²) in [6.07, 6.45) is 5.83. The molecule has 0 radical (unpaired) electrons. The summed E-state index contributed by atoms with van der Waals surface area (Å²) in [5.41, 5.74) is 0.528. The third kappa shape index (κ3) is 4.04. The van der Waals surface area contributed by atoms with Crippen LogP contribution in [0.5, 0.6) is 0 Å². The maximum absolute atomic E-state index is 13.9. The topological polar surface area (TPSA) is 83.5 Å². The van der Waals surface area contributed by atoms with E-state index in [1.807, 2.05) is 0 Å². The van der Waals surface area contributed by atoms with E-state index in [0.29, 0.717) is 5.92 Å². The van der Waals surface area contributed by atoms with Crippen molar-refractivity contribution in [3.05, 3.63) is 59.4 Å². The molecule has 0 aliphatic heterocycles. The van der Waals surface area contributed by atoms with E-state index in [0.717, 1.165) is 36.6 Å². The van der Waals surface area contributed by atoms with Crippen LogP contribution in [0.4, 0.5) is 10.1 Å². The lowest BCUT2D eigenvalue weighted by atomic mass is 9.84. The lowest BCUT2D eigenvalue weighted by molar-refractivity contribution is 0.0697. The minimum absolute atomic E-state index is 0.0113. The highest BCUT2D eigenvalue weighted by molar-refractivity contribution is 7.92. The Hall–Kier alpha value is -2.41. The van der Waals surface area contributed by atoms with Crippen molar-refractivity contribution >= 4 is 21.7 Å². The van der Waals surface area contributed by atoms with E-state index >= 15 is 0 Å². The molecule has 0 unspecified atom stereocenters. The Balaban J connectivity index is 1.82. The molecular weight excluding hydrogens is 357 g/mol. The molecule has 0 bridgehead atoms. The van der Waals surface area contributed by atoms with Crippen molar-refractivity contribution in [3.8, 4) is 0 Å². The molecule has 3 rings (SSSR count). The van der Waals surface area contributed by atoms with E-state index in [2.05, 4.69) is 4.72 Å². The molecule has 7 heteroatoms. The minimum atomic E-state index is -4.01. The van der Waals surface area contributed by atoms with Gasteiger partial charge in [0, 0.05) is 0 Å². The van der Waals surface area contributed by atoms with E-state index in [1.165, 1.54) is 31.4 Å². The molecule has 0 amide bonds. The van der Waals surface area contributed by atoms with Crippen molar-refractivity contribution < 1.29 is 22.7 Å². The molecule has 1 fully saturated rings. The first-order valence-corrected chi connectivity index (χ1v) is 10.0. The first-order chi connectivity index (χ1) is 12.4. The standard InChI is InChI=1S/C19H20FNO4S/c20-17-11-8-15(19(22)23)12-18(17)21-26(24,25)16-9-6-14(7-10-16)13-4-2-1-3-5-13/h6-13,21H,1-5H2,(H,22,23). The van der Waals surface area contributed by atoms with Crippen LogP contribution in [-0.4, -0.2) is 19.5 Å². The van der Waals surface area contributed by atoms with Crippen LogP contribution in [0.1, 0.15) is 53.9 Å². The molecule has 2 aromatic rings. The highest BCUT2D eigenvalue weighted by Crippen LogP contribution is 2.33. The number of nitrogens with one attached hydrogen (secondary N) is 1. The second-order valence-electron chi connectivity index (χ2n) is 6.51. The molecular formula is C19H20FNO4S. The van der Waals surface area contributed by atoms with Crippen molar-refractivity contribution in [1.29, 1.82) is 0 Å². The minimum Gasteiger partial charge on any atom is -0.478 e. The fourth-order valence-corrected chi connectivity index (χ4v) is 4.35. The zero-order valence-electron chi connectivity index (χ0n) is 14.1. The van der Waals surface area contributed by atoms with Crippen molar-refractivity contribution in [2.45, 2.75) is 42.9 Å². The van der Waals surface area contributed by atoms with Crippen LogP contribution >= 0.6 is 0 Å². The van der Waals surface area contributed by atoms with Gasteiger partial charge in [-0.3, -0.25) is 4.72 Å². The summed E-state index contributed by atoms with van der Waals surface area (Å²) in [7, 11) is -4.01. The van der Waals surface area contributed by atoms with Gasteiger partial charge in [0.25, 0.3) is 10.0 Å². The molecule has 1 aliphatic carbocycles. The Morgan fingerprint density at radius 1 is 1.04 bits per heavy atom. The Morgan fingerprint density at radius 2 is 1.69 bits per heavy atom. The average molecular weight is 377 g/mol. The van der Waals surface area contributed by atoms with Gasteiger partial charge in [-0.1, -0.05) is 31.4 Å². The normalized spacial score (nSPS) is 15.6. The number of carbonyl (C=O) groups is 1. The molecule has 0 heterocycles. The number of carboxylic acids is 1. The number of rotatable bonds is 5. The molecule has 26 heavy (non-hydrogen) atoms. The second kappa shape index (κ2) is 7.45. The molecule has 0 spiro atoms. The molecule has 0 atom stereocenters. The van der Waals surface area contributed by atoms with Gasteiger partial charge < -0.3 is 5.11 Å². The number of anilines is 1. The van der Waals surface area contributed by atoms with Crippen LogP contribution < -0.4 is 4.72 Å². The molecule has 2 N–H and O–H groups in total. The van der Waals surface area contributed by atoms with E-state index in [1.54, 1.807) is 12.1 Å².